The van der Waals surface area contributed by atoms with Gasteiger partial charge in [-0.25, -0.2) is 0 Å². The van der Waals surface area contributed by atoms with Gasteiger partial charge in [-0.05, 0) is 32.1 Å². The topological polar surface area (TPSA) is 49.7 Å². The van der Waals surface area contributed by atoms with Gasteiger partial charge >= 0.3 is 60.0 Å². The maximum absolute atomic E-state index is 8.57. The quantitative estimate of drug-likeness (QED) is 0.151. The Morgan fingerprint density at radius 1 is 0.696 bits per heavy atom. The van der Waals surface area contributed by atoms with Crippen molar-refractivity contribution in [2.75, 3.05) is 6.61 Å². The fraction of sp³-hybridized carbons (Fsp3) is 0.889. The molecule has 0 atom stereocenters. The van der Waals surface area contributed by atoms with Gasteiger partial charge in [-0.3, -0.25) is 0 Å². The van der Waals surface area contributed by atoms with E-state index in [0.29, 0.717) is 6.61 Å². The number of rotatable bonds is 17. The molecule has 0 aromatic carbocycles. The van der Waals surface area contributed by atoms with E-state index in [4.69, 9.17) is 14.3 Å². The molecule has 0 aromatic rings. The summed E-state index contributed by atoms with van der Waals surface area (Å²) in [4.78, 5) is 17.1. The van der Waals surface area contributed by atoms with E-state index in [2.05, 4.69) is 19.1 Å². The van der Waals surface area contributed by atoms with Crippen molar-refractivity contribution in [2.24, 2.45) is 0 Å². The van der Waals surface area contributed by atoms with Crippen LogP contribution in [-0.2, 0) is 4.52 Å². The maximum atomic E-state index is 8.57. The van der Waals surface area contributed by atoms with Crippen LogP contribution in [0.15, 0.2) is 12.2 Å². The number of allylic oxidation sites excluding steroid dienone is 2. The van der Waals surface area contributed by atoms with Gasteiger partial charge in [0.15, 0.2) is 0 Å². The first-order valence-corrected chi connectivity index (χ1v) is 10.4. The molecule has 0 saturated heterocycles. The summed E-state index contributed by atoms with van der Waals surface area (Å²) in [6.45, 7) is 2.74. The van der Waals surface area contributed by atoms with E-state index in [-0.39, 0.29) is 51.4 Å². The Balaban J connectivity index is 0. The Kier molecular flexibility index (Phi) is 27.7. The molecule has 2 N–H and O–H groups in total. The van der Waals surface area contributed by atoms with Gasteiger partial charge in [0.05, 0.1) is 6.61 Å². The molecule has 0 aliphatic rings. The molecule has 0 saturated carbocycles. The van der Waals surface area contributed by atoms with E-state index in [9.17, 15) is 0 Å². The molecule has 0 rings (SSSR count). The zero-order valence-electron chi connectivity index (χ0n) is 14.5. The number of unbranched alkanes of at least 4 members (excludes halogenated alkanes) is 12. The van der Waals surface area contributed by atoms with Crippen molar-refractivity contribution in [3.05, 3.63) is 12.2 Å². The Hall–Kier alpha value is 1.69. The van der Waals surface area contributed by atoms with Crippen LogP contribution >= 0.6 is 8.60 Å². The third kappa shape index (κ3) is 26.0. The Morgan fingerprint density at radius 2 is 1.13 bits per heavy atom. The minimum atomic E-state index is -2.15. The zero-order valence-corrected chi connectivity index (χ0v) is 15.4. The summed E-state index contributed by atoms with van der Waals surface area (Å²) in [5.74, 6) is 0. The predicted molar refractivity (Wildman–Crippen MR) is 104 cm³/mol. The van der Waals surface area contributed by atoms with Gasteiger partial charge < -0.3 is 14.3 Å². The molecule has 23 heavy (non-hydrogen) atoms. The summed E-state index contributed by atoms with van der Waals surface area (Å²) < 4.78 is 4.73. The fourth-order valence-electron chi connectivity index (χ4n) is 2.50. The molecule has 0 aliphatic carbocycles. The van der Waals surface area contributed by atoms with Crippen LogP contribution in [-0.4, -0.2) is 67.8 Å². The van der Waals surface area contributed by atoms with Crippen molar-refractivity contribution in [1.82, 2.24) is 0 Å². The van der Waals surface area contributed by atoms with Crippen molar-refractivity contribution < 1.29 is 14.3 Å². The van der Waals surface area contributed by atoms with Crippen LogP contribution in [0.25, 0.3) is 0 Å². The van der Waals surface area contributed by atoms with Crippen LogP contribution in [0.5, 0.6) is 0 Å². The Bertz CT molecular complexity index is 238. The van der Waals surface area contributed by atoms with Gasteiger partial charge in [0, 0.05) is 0 Å². The molecule has 0 spiro atoms. The van der Waals surface area contributed by atoms with E-state index in [1.165, 1.54) is 77.0 Å². The van der Waals surface area contributed by atoms with Crippen LogP contribution in [0.4, 0.5) is 0 Å². The van der Waals surface area contributed by atoms with Crippen molar-refractivity contribution >= 4 is 60.0 Å². The van der Waals surface area contributed by atoms with E-state index >= 15 is 0 Å². The second kappa shape index (κ2) is 23.7. The molecule has 0 aromatic heterocycles. The second-order valence-corrected chi connectivity index (χ2v) is 6.79. The molecule has 3 nitrogen and oxygen atoms in total. The van der Waals surface area contributed by atoms with Crippen molar-refractivity contribution in [3.8, 4) is 0 Å². The van der Waals surface area contributed by atoms with Crippen LogP contribution in [0.3, 0.4) is 0 Å². The summed E-state index contributed by atoms with van der Waals surface area (Å²) in [5.41, 5.74) is 0. The summed E-state index contributed by atoms with van der Waals surface area (Å²) >= 11 is 0. The molecular formula is C18H38KO3P. The van der Waals surface area contributed by atoms with Gasteiger partial charge in [-0.15, -0.1) is 0 Å². The van der Waals surface area contributed by atoms with Gasteiger partial charge in [-0.2, -0.15) is 0 Å². The first-order valence-electron chi connectivity index (χ1n) is 9.23. The summed E-state index contributed by atoms with van der Waals surface area (Å²) in [5, 5.41) is 0. The van der Waals surface area contributed by atoms with E-state index in [1.54, 1.807) is 0 Å². The zero-order chi connectivity index (χ0) is 16.3. The van der Waals surface area contributed by atoms with Gasteiger partial charge in [0.2, 0.25) is 0 Å². The fourth-order valence-corrected chi connectivity index (χ4v) is 2.79. The van der Waals surface area contributed by atoms with E-state index in [1.807, 2.05) is 0 Å². The molecular weight excluding hydrogens is 334 g/mol. The van der Waals surface area contributed by atoms with Crippen LogP contribution in [0, 0.1) is 0 Å². The van der Waals surface area contributed by atoms with Gasteiger partial charge in [0.25, 0.3) is 0 Å². The van der Waals surface area contributed by atoms with Crippen molar-refractivity contribution in [1.29, 1.82) is 0 Å². The third-order valence-corrected chi connectivity index (χ3v) is 4.28. The van der Waals surface area contributed by atoms with Crippen LogP contribution in [0.1, 0.15) is 96.8 Å². The molecule has 134 valence electrons. The molecule has 0 bridgehead atoms. The Labute approximate surface area is 188 Å². The van der Waals surface area contributed by atoms with Crippen molar-refractivity contribution in [2.45, 2.75) is 96.8 Å². The van der Waals surface area contributed by atoms with Crippen LogP contribution in [0.2, 0.25) is 0 Å². The SMILES string of the molecule is CCCCCCCC/C=C\CCCCCCCCOP(O)O.[KH]. The first-order chi connectivity index (χ1) is 10.8. The summed E-state index contributed by atoms with van der Waals surface area (Å²) in [6, 6.07) is 0. The van der Waals surface area contributed by atoms with E-state index in [0.717, 1.165) is 12.8 Å². The molecule has 0 fully saturated rings. The third-order valence-electron chi connectivity index (χ3n) is 3.86. The Morgan fingerprint density at radius 3 is 1.61 bits per heavy atom. The number of hydrogen-bond donors (Lipinski definition) is 2. The monoisotopic (exact) mass is 372 g/mol. The summed E-state index contributed by atoms with van der Waals surface area (Å²) in [6.07, 6.45) is 22.6. The molecule has 0 unspecified atom stereocenters. The standard InChI is InChI=1S/C18H37O3P.K.H/c1-2-3-4-5-6-7-8-9-10-11-12-13-14-15-16-17-18-21-22(19)20;;/h9-10,19-20H,2-8,11-18H2,1H3;;/b10-9-;;. The van der Waals surface area contributed by atoms with Gasteiger partial charge in [0.1, 0.15) is 0 Å². The molecule has 0 heterocycles. The van der Waals surface area contributed by atoms with Crippen molar-refractivity contribution in [3.63, 3.8) is 0 Å². The van der Waals surface area contributed by atoms with E-state index < -0.39 is 8.60 Å². The average Bonchev–Trinajstić information content (AvgIpc) is 2.50. The second-order valence-electron chi connectivity index (χ2n) is 6.02. The molecule has 0 radical (unpaired) electrons. The normalized spacial score (nSPS) is 11.3. The minimum absolute atomic E-state index is 0. The summed E-state index contributed by atoms with van der Waals surface area (Å²) in [7, 11) is -2.15. The average molecular weight is 373 g/mol. The molecule has 5 heteroatoms. The molecule has 0 aliphatic heterocycles. The molecule has 0 amide bonds. The van der Waals surface area contributed by atoms with Crippen LogP contribution < -0.4 is 0 Å². The first kappa shape index (κ1) is 26.9. The predicted octanol–water partition coefficient (Wildman–Crippen LogP) is 5.60. The van der Waals surface area contributed by atoms with Gasteiger partial charge in [-0.1, -0.05) is 76.9 Å². The number of hydrogen-bond acceptors (Lipinski definition) is 3.